The first-order valence-corrected chi connectivity index (χ1v) is 8.25. The van der Waals surface area contributed by atoms with Crippen LogP contribution < -0.4 is 21.4 Å². The number of rotatable bonds is 0. The number of carbonyl (C=O) groups excluding carboxylic acids is 1. The Kier molecular flexibility index (Phi) is 2.99. The van der Waals surface area contributed by atoms with Crippen LogP contribution in [0, 0.1) is 17.1 Å². The quantitative estimate of drug-likeness (QED) is 0.582. The average molecular weight is 375 g/mol. The molecule has 1 aromatic heterocycles. The monoisotopic (exact) mass is 375 g/mol. The zero-order valence-corrected chi connectivity index (χ0v) is 14.1. The number of anilines is 1. The molecular weight excluding hydrogens is 365 g/mol. The smallest absolute Gasteiger partial charge is 0.345 e. The van der Waals surface area contributed by atoms with Gasteiger partial charge in [0.25, 0.3) is 0 Å². The highest BCUT2D eigenvalue weighted by Gasteiger charge is 2.59. The maximum Gasteiger partial charge on any atom is 0.345 e. The standard InChI is InChI=1S/C20H10FN3O4/c21-12-6-3-5-10-15(12)24-19(26)20(10)11(8-22)17(23)28-16-9-4-1-2-7-13(9)27-18(25)14(16)20/h1-7H,23H2,(H,24,26)/t20-/m1/s1. The number of ether oxygens (including phenoxy) is 1. The van der Waals surface area contributed by atoms with Gasteiger partial charge in [0.2, 0.25) is 11.8 Å². The first-order chi connectivity index (χ1) is 13.5. The molecule has 1 spiro atoms. The molecule has 0 radical (unpaired) electrons. The van der Waals surface area contributed by atoms with Crippen LogP contribution in [0.1, 0.15) is 11.1 Å². The van der Waals surface area contributed by atoms with Crippen molar-refractivity contribution in [3.05, 3.63) is 81.3 Å². The molecule has 136 valence electrons. The molecular formula is C20H10FN3O4. The minimum absolute atomic E-state index is 0.00983. The van der Waals surface area contributed by atoms with E-state index in [-0.39, 0.29) is 39.6 Å². The van der Waals surface area contributed by atoms with Gasteiger partial charge in [0.15, 0.2) is 11.2 Å². The van der Waals surface area contributed by atoms with Gasteiger partial charge in [-0.05, 0) is 18.2 Å². The summed E-state index contributed by atoms with van der Waals surface area (Å²) < 4.78 is 25.4. The van der Waals surface area contributed by atoms with E-state index in [2.05, 4.69) is 5.32 Å². The van der Waals surface area contributed by atoms with E-state index in [9.17, 15) is 19.2 Å². The van der Waals surface area contributed by atoms with Gasteiger partial charge in [0.1, 0.15) is 28.6 Å². The molecule has 0 fully saturated rings. The van der Waals surface area contributed by atoms with Crippen molar-refractivity contribution >= 4 is 22.6 Å². The molecule has 0 aliphatic carbocycles. The molecule has 2 aromatic carbocycles. The molecule has 1 atom stereocenters. The molecule has 3 heterocycles. The van der Waals surface area contributed by atoms with Crippen LogP contribution in [-0.4, -0.2) is 5.91 Å². The van der Waals surface area contributed by atoms with E-state index >= 15 is 0 Å². The summed E-state index contributed by atoms with van der Waals surface area (Å²) in [6.07, 6.45) is 0. The number of halogens is 1. The predicted molar refractivity (Wildman–Crippen MR) is 95.7 cm³/mol. The normalized spacial score (nSPS) is 19.8. The number of nitrogens with one attached hydrogen (secondary N) is 1. The fourth-order valence-electron chi connectivity index (χ4n) is 3.95. The first kappa shape index (κ1) is 16.1. The molecule has 1 amide bonds. The molecule has 3 aromatic rings. The Morgan fingerprint density at radius 3 is 2.71 bits per heavy atom. The van der Waals surface area contributed by atoms with Gasteiger partial charge >= 0.3 is 5.63 Å². The molecule has 8 heteroatoms. The highest BCUT2D eigenvalue weighted by Crippen LogP contribution is 2.53. The summed E-state index contributed by atoms with van der Waals surface area (Å²) in [6.45, 7) is 0. The van der Waals surface area contributed by atoms with Crippen molar-refractivity contribution in [1.29, 1.82) is 5.26 Å². The van der Waals surface area contributed by atoms with Gasteiger partial charge in [-0.2, -0.15) is 5.26 Å². The minimum atomic E-state index is -1.96. The van der Waals surface area contributed by atoms with Crippen LogP contribution in [0.5, 0.6) is 5.75 Å². The van der Waals surface area contributed by atoms with Crippen molar-refractivity contribution in [2.45, 2.75) is 5.41 Å². The summed E-state index contributed by atoms with van der Waals surface area (Å²) in [5, 5.41) is 12.6. The van der Waals surface area contributed by atoms with Crippen molar-refractivity contribution in [3.63, 3.8) is 0 Å². The summed E-state index contributed by atoms with van der Waals surface area (Å²) in [5.41, 5.74) is 2.85. The Hall–Kier alpha value is -4.12. The minimum Gasteiger partial charge on any atom is -0.439 e. The largest absolute Gasteiger partial charge is 0.439 e. The highest BCUT2D eigenvalue weighted by atomic mass is 19.1. The first-order valence-electron chi connectivity index (χ1n) is 8.25. The molecule has 7 nitrogen and oxygen atoms in total. The maximum absolute atomic E-state index is 14.4. The van der Waals surface area contributed by atoms with Gasteiger partial charge in [-0.25, -0.2) is 9.18 Å². The lowest BCUT2D eigenvalue weighted by atomic mass is 9.69. The molecule has 0 bridgehead atoms. The Morgan fingerprint density at radius 2 is 1.93 bits per heavy atom. The number of hydrogen-bond acceptors (Lipinski definition) is 6. The number of amides is 1. The SMILES string of the molecule is N#CC1=C(N)Oc2c(c(=O)oc3ccccc23)[C@]12C(=O)Nc1c(F)cccc12. The zero-order chi connectivity index (χ0) is 19.6. The molecule has 28 heavy (non-hydrogen) atoms. The number of benzene rings is 2. The molecule has 5 rings (SSSR count). The Balaban J connectivity index is 2.03. The van der Waals surface area contributed by atoms with Crippen molar-refractivity contribution in [3.8, 4) is 11.8 Å². The zero-order valence-electron chi connectivity index (χ0n) is 14.1. The second kappa shape index (κ2) is 5.20. The third-order valence-electron chi connectivity index (χ3n) is 5.08. The van der Waals surface area contributed by atoms with E-state index in [0.29, 0.717) is 5.39 Å². The maximum atomic E-state index is 14.4. The number of fused-ring (bicyclic) bond motifs is 6. The van der Waals surface area contributed by atoms with Crippen LogP contribution in [0.4, 0.5) is 10.1 Å². The number of carbonyl (C=O) groups is 1. The molecule has 2 aliphatic heterocycles. The Bertz CT molecular complexity index is 1350. The van der Waals surface area contributed by atoms with Gasteiger partial charge < -0.3 is 20.2 Å². The van der Waals surface area contributed by atoms with Gasteiger partial charge in [0.05, 0.1) is 11.1 Å². The van der Waals surface area contributed by atoms with Crippen molar-refractivity contribution in [2.75, 3.05) is 5.32 Å². The van der Waals surface area contributed by atoms with Crippen molar-refractivity contribution < 1.29 is 18.3 Å². The molecule has 0 saturated heterocycles. The van der Waals surface area contributed by atoms with E-state index in [1.54, 1.807) is 24.3 Å². The van der Waals surface area contributed by atoms with Gasteiger partial charge in [-0.3, -0.25) is 4.79 Å². The average Bonchev–Trinajstić information content (AvgIpc) is 2.96. The topological polar surface area (TPSA) is 118 Å². The third-order valence-corrected chi connectivity index (χ3v) is 5.08. The van der Waals surface area contributed by atoms with Gasteiger partial charge in [0, 0.05) is 5.56 Å². The molecule has 0 unspecified atom stereocenters. The van der Waals surface area contributed by atoms with Crippen molar-refractivity contribution in [1.82, 2.24) is 0 Å². The van der Waals surface area contributed by atoms with Crippen LogP contribution >= 0.6 is 0 Å². The number of hydrogen-bond donors (Lipinski definition) is 2. The number of nitrogens with zero attached hydrogens (tertiary/aromatic N) is 1. The summed E-state index contributed by atoms with van der Waals surface area (Å²) in [7, 11) is 0. The van der Waals surface area contributed by atoms with Gasteiger partial charge in [-0.1, -0.05) is 24.3 Å². The summed E-state index contributed by atoms with van der Waals surface area (Å²) >= 11 is 0. The lowest BCUT2D eigenvalue weighted by Gasteiger charge is -2.32. The molecule has 2 aliphatic rings. The second-order valence-electron chi connectivity index (χ2n) is 6.41. The van der Waals surface area contributed by atoms with E-state index < -0.39 is 22.8 Å². The predicted octanol–water partition coefficient (Wildman–Crippen LogP) is 2.26. The number of nitriles is 1. The van der Waals surface area contributed by atoms with E-state index in [0.717, 1.165) is 0 Å². The lowest BCUT2D eigenvalue weighted by Crippen LogP contribution is -2.45. The van der Waals surface area contributed by atoms with Crippen LogP contribution in [0.2, 0.25) is 0 Å². The number of nitrogens with two attached hydrogens (primary N) is 1. The second-order valence-corrected chi connectivity index (χ2v) is 6.41. The van der Waals surface area contributed by atoms with E-state index in [4.69, 9.17) is 14.9 Å². The fourth-order valence-corrected chi connectivity index (χ4v) is 3.95. The third kappa shape index (κ3) is 1.70. The number of para-hydroxylation sites is 2. The lowest BCUT2D eigenvalue weighted by molar-refractivity contribution is -0.118. The molecule has 3 N–H and O–H groups in total. The Labute approximate surface area is 156 Å². The van der Waals surface area contributed by atoms with Gasteiger partial charge in [-0.15, -0.1) is 0 Å². The van der Waals surface area contributed by atoms with Crippen LogP contribution in [0.3, 0.4) is 0 Å². The summed E-state index contributed by atoms with van der Waals surface area (Å²) in [6, 6.07) is 12.4. The van der Waals surface area contributed by atoms with E-state index in [1.807, 2.05) is 6.07 Å². The van der Waals surface area contributed by atoms with Crippen molar-refractivity contribution in [2.24, 2.45) is 5.73 Å². The highest BCUT2D eigenvalue weighted by molar-refractivity contribution is 6.13. The Morgan fingerprint density at radius 1 is 1.14 bits per heavy atom. The molecule has 0 saturated carbocycles. The van der Waals surface area contributed by atoms with E-state index in [1.165, 1.54) is 18.2 Å². The summed E-state index contributed by atoms with van der Waals surface area (Å²) in [4.78, 5) is 26.1. The summed E-state index contributed by atoms with van der Waals surface area (Å²) in [5.74, 6) is -1.80. The van der Waals surface area contributed by atoms with Crippen LogP contribution in [0.25, 0.3) is 11.0 Å². The van der Waals surface area contributed by atoms with Crippen LogP contribution in [-0.2, 0) is 10.2 Å². The fraction of sp³-hybridized carbons (Fsp3) is 0.0500. The van der Waals surface area contributed by atoms with Crippen LogP contribution in [0.15, 0.2) is 63.1 Å².